The van der Waals surface area contributed by atoms with Crippen LogP contribution in [0, 0.1) is 11.8 Å². The van der Waals surface area contributed by atoms with Gasteiger partial charge in [-0.15, -0.1) is 0 Å². The Balaban J connectivity index is 1.56. The first-order valence-electron chi connectivity index (χ1n) is 10.3. The molecule has 2 amide bonds. The Hall–Kier alpha value is -2.64. The third-order valence-corrected chi connectivity index (χ3v) is 8.71. The van der Waals surface area contributed by atoms with Crippen molar-refractivity contribution in [2.24, 2.45) is 11.8 Å². The van der Waals surface area contributed by atoms with Crippen molar-refractivity contribution in [2.45, 2.75) is 16.4 Å². The Labute approximate surface area is 200 Å². The van der Waals surface area contributed by atoms with Gasteiger partial charge in [-0.3, -0.25) is 9.59 Å². The molecule has 2 atom stereocenters. The van der Waals surface area contributed by atoms with Crippen LogP contribution in [0.3, 0.4) is 0 Å². The number of carbonyl (C=O) groups is 2. The second kappa shape index (κ2) is 6.70. The van der Waals surface area contributed by atoms with Crippen LogP contribution in [-0.2, 0) is 20.1 Å². The van der Waals surface area contributed by atoms with Crippen LogP contribution in [0.4, 0.5) is 18.9 Å². The lowest BCUT2D eigenvalue weighted by Crippen LogP contribution is -2.50. The average molecular weight is 533 g/mol. The molecule has 0 aromatic heterocycles. The number of alkyl halides is 4. The number of hydrogen-bond donors (Lipinski definition) is 0. The minimum absolute atomic E-state index is 0.125. The Bertz CT molecular complexity index is 1320. The molecule has 3 aliphatic carbocycles. The Morgan fingerprint density at radius 2 is 1.45 bits per heavy atom. The topological polar surface area (TPSA) is 37.4 Å². The second-order valence-electron chi connectivity index (χ2n) is 8.54. The van der Waals surface area contributed by atoms with Gasteiger partial charge in [0, 0.05) is 5.92 Å². The molecule has 3 aromatic rings. The first-order valence-corrected chi connectivity index (χ1v) is 11.4. The molecular weight excluding hydrogens is 519 g/mol. The lowest BCUT2D eigenvalue weighted by atomic mass is 9.55. The first kappa shape index (κ1) is 20.9. The SMILES string of the molecule is O=C1[C@H]2C3c4ccccc4C(Br)(c4ccccc43)[C@H]2C(=O)N1c1ccc(Cl)c(C(F)(F)F)c1. The molecule has 1 saturated heterocycles. The summed E-state index contributed by atoms with van der Waals surface area (Å²) in [6.07, 6.45) is -4.71. The van der Waals surface area contributed by atoms with Crippen LogP contribution in [0.25, 0.3) is 0 Å². The van der Waals surface area contributed by atoms with E-state index in [0.717, 1.165) is 39.3 Å². The Morgan fingerprint density at radius 3 is 2.03 bits per heavy atom. The van der Waals surface area contributed by atoms with E-state index in [1.54, 1.807) is 0 Å². The highest BCUT2D eigenvalue weighted by molar-refractivity contribution is 9.09. The highest BCUT2D eigenvalue weighted by Crippen LogP contribution is 2.66. The number of imide groups is 1. The lowest BCUT2D eigenvalue weighted by Gasteiger charge is -2.51. The molecule has 0 saturated carbocycles. The number of rotatable bonds is 1. The summed E-state index contributed by atoms with van der Waals surface area (Å²) in [6.45, 7) is 0. The van der Waals surface area contributed by atoms with Crippen LogP contribution >= 0.6 is 27.5 Å². The van der Waals surface area contributed by atoms with E-state index in [9.17, 15) is 22.8 Å². The largest absolute Gasteiger partial charge is 0.417 e. The quantitative estimate of drug-likeness (QED) is 0.274. The molecule has 0 unspecified atom stereocenters. The molecule has 166 valence electrons. The molecule has 0 spiro atoms. The van der Waals surface area contributed by atoms with Gasteiger partial charge in [-0.25, -0.2) is 4.90 Å². The van der Waals surface area contributed by atoms with Gasteiger partial charge in [-0.1, -0.05) is 76.1 Å². The maximum atomic E-state index is 13.8. The van der Waals surface area contributed by atoms with Crippen molar-refractivity contribution in [3.63, 3.8) is 0 Å². The van der Waals surface area contributed by atoms with Gasteiger partial charge in [0.15, 0.2) is 0 Å². The van der Waals surface area contributed by atoms with Gasteiger partial charge in [0.25, 0.3) is 0 Å². The first-order chi connectivity index (χ1) is 15.7. The van der Waals surface area contributed by atoms with Gasteiger partial charge in [0.05, 0.1) is 32.4 Å². The van der Waals surface area contributed by atoms with Crippen molar-refractivity contribution in [1.29, 1.82) is 0 Å². The highest BCUT2D eigenvalue weighted by Gasteiger charge is 2.67. The molecule has 3 nitrogen and oxygen atoms in total. The minimum atomic E-state index is -4.71. The van der Waals surface area contributed by atoms with E-state index in [0.29, 0.717) is 0 Å². The lowest BCUT2D eigenvalue weighted by molar-refractivity contribution is -0.137. The molecule has 8 heteroatoms. The summed E-state index contributed by atoms with van der Waals surface area (Å²) < 4.78 is 39.5. The van der Waals surface area contributed by atoms with Crippen LogP contribution in [-0.4, -0.2) is 11.8 Å². The summed E-state index contributed by atoms with van der Waals surface area (Å²) in [5.74, 6) is -2.90. The summed E-state index contributed by atoms with van der Waals surface area (Å²) in [4.78, 5) is 28.4. The third-order valence-electron chi connectivity index (χ3n) is 7.03. The number of benzene rings is 3. The molecule has 1 aliphatic heterocycles. The molecule has 1 heterocycles. The molecule has 4 aliphatic rings. The number of anilines is 1. The second-order valence-corrected chi connectivity index (χ2v) is 10.2. The molecule has 33 heavy (non-hydrogen) atoms. The molecule has 0 radical (unpaired) electrons. The Morgan fingerprint density at radius 1 is 0.879 bits per heavy atom. The monoisotopic (exact) mass is 531 g/mol. The molecule has 7 rings (SSSR count). The van der Waals surface area contributed by atoms with Crippen molar-refractivity contribution in [3.05, 3.63) is 99.6 Å². The predicted molar refractivity (Wildman–Crippen MR) is 120 cm³/mol. The fraction of sp³-hybridized carbons (Fsp3) is 0.200. The average Bonchev–Trinajstić information content (AvgIpc) is 3.05. The number of hydrogen-bond acceptors (Lipinski definition) is 2. The summed E-state index contributed by atoms with van der Waals surface area (Å²) in [5.41, 5.74) is 2.50. The van der Waals surface area contributed by atoms with Crippen molar-refractivity contribution < 1.29 is 22.8 Å². The van der Waals surface area contributed by atoms with E-state index in [-0.39, 0.29) is 11.6 Å². The van der Waals surface area contributed by atoms with Crippen LogP contribution in [0.1, 0.15) is 33.7 Å². The summed E-state index contributed by atoms with van der Waals surface area (Å²) in [5, 5.41) is -0.486. The molecule has 3 aromatic carbocycles. The standard InChI is InChI=1S/C25H14BrClF3NO2/c26-24-15-7-3-1-5-13(15)19(14-6-2-4-8-16(14)24)20-21(24)23(33)31(22(20)32)12-9-10-18(27)17(11-12)25(28,29)30/h1-11,19-21H/t19?,20-,21+,24?/m0/s1. The number of halogens is 5. The number of amides is 2. The van der Waals surface area contributed by atoms with Crippen LogP contribution in [0.15, 0.2) is 66.7 Å². The maximum absolute atomic E-state index is 13.8. The van der Waals surface area contributed by atoms with Gasteiger partial charge in [0.2, 0.25) is 11.8 Å². The smallest absolute Gasteiger partial charge is 0.274 e. The van der Waals surface area contributed by atoms with Crippen LogP contribution in [0.5, 0.6) is 0 Å². The van der Waals surface area contributed by atoms with Crippen molar-refractivity contribution in [3.8, 4) is 0 Å². The fourth-order valence-corrected chi connectivity index (χ4v) is 7.23. The van der Waals surface area contributed by atoms with E-state index in [1.807, 2.05) is 48.5 Å². The van der Waals surface area contributed by atoms with Gasteiger partial charge < -0.3 is 0 Å². The van der Waals surface area contributed by atoms with E-state index < -0.39 is 44.7 Å². The molecule has 2 bridgehead atoms. The third kappa shape index (κ3) is 2.58. The fourth-order valence-electron chi connectivity index (χ4n) is 5.80. The predicted octanol–water partition coefficient (Wildman–Crippen LogP) is 6.26. The summed E-state index contributed by atoms with van der Waals surface area (Å²) >= 11 is 9.63. The van der Waals surface area contributed by atoms with Crippen molar-refractivity contribution in [1.82, 2.24) is 0 Å². The normalized spacial score (nSPS) is 27.4. The summed E-state index contributed by atoms with van der Waals surface area (Å²) in [6, 6.07) is 18.5. The van der Waals surface area contributed by atoms with Gasteiger partial charge in [0.1, 0.15) is 0 Å². The van der Waals surface area contributed by atoms with E-state index >= 15 is 0 Å². The van der Waals surface area contributed by atoms with Crippen molar-refractivity contribution in [2.75, 3.05) is 4.90 Å². The van der Waals surface area contributed by atoms with Crippen LogP contribution in [0.2, 0.25) is 5.02 Å². The van der Waals surface area contributed by atoms with E-state index in [2.05, 4.69) is 15.9 Å². The number of nitrogens with zero attached hydrogens (tertiary/aromatic N) is 1. The minimum Gasteiger partial charge on any atom is -0.274 e. The van der Waals surface area contributed by atoms with Gasteiger partial charge in [-0.2, -0.15) is 13.2 Å². The van der Waals surface area contributed by atoms with Crippen molar-refractivity contribution >= 4 is 45.0 Å². The maximum Gasteiger partial charge on any atom is 0.417 e. The molecule has 1 fully saturated rings. The zero-order chi connectivity index (χ0) is 23.3. The Kier molecular flexibility index (Phi) is 4.25. The van der Waals surface area contributed by atoms with E-state index in [4.69, 9.17) is 11.6 Å². The molecule has 0 N–H and O–H groups in total. The highest BCUT2D eigenvalue weighted by atomic mass is 79.9. The zero-order valence-electron chi connectivity index (χ0n) is 16.7. The summed E-state index contributed by atoms with van der Waals surface area (Å²) in [7, 11) is 0. The van der Waals surface area contributed by atoms with Gasteiger partial charge in [-0.05, 0) is 40.5 Å². The van der Waals surface area contributed by atoms with Gasteiger partial charge >= 0.3 is 6.18 Å². The van der Waals surface area contributed by atoms with E-state index in [1.165, 1.54) is 6.07 Å². The van der Waals surface area contributed by atoms with Crippen LogP contribution < -0.4 is 4.90 Å². The molecular formula is C25H14BrClF3NO2. The number of carbonyl (C=O) groups excluding carboxylic acids is 2. The zero-order valence-corrected chi connectivity index (χ0v) is 19.1.